The van der Waals surface area contributed by atoms with E-state index in [0.29, 0.717) is 6.04 Å². The Bertz CT molecular complexity index is 690. The van der Waals surface area contributed by atoms with Crippen LogP contribution in [0.5, 0.6) is 0 Å². The maximum atomic E-state index is 2.50. The van der Waals surface area contributed by atoms with Crippen LogP contribution in [0.4, 0.5) is 0 Å². The van der Waals surface area contributed by atoms with Gasteiger partial charge in [0.15, 0.2) is 0 Å². The molecule has 2 atom stereocenters. The summed E-state index contributed by atoms with van der Waals surface area (Å²) >= 11 is 0. The zero-order valence-electron chi connectivity index (χ0n) is 15.6. The predicted molar refractivity (Wildman–Crippen MR) is 102 cm³/mol. The third-order valence-corrected chi connectivity index (χ3v) is 6.78. The lowest BCUT2D eigenvalue weighted by molar-refractivity contribution is -0.945. The van der Waals surface area contributed by atoms with Gasteiger partial charge in [0.2, 0.25) is 0 Å². The highest BCUT2D eigenvalue weighted by Gasteiger charge is 2.41. The van der Waals surface area contributed by atoms with E-state index in [2.05, 4.69) is 82.1 Å². The highest BCUT2D eigenvalue weighted by molar-refractivity contribution is 6.76. The van der Waals surface area contributed by atoms with Gasteiger partial charge in [-0.15, -0.1) is 0 Å². The third kappa shape index (κ3) is 4.30. The monoisotopic (exact) mass is 451 g/mol. The zero-order chi connectivity index (χ0) is 16.7. The number of rotatable bonds is 3. The van der Waals surface area contributed by atoms with Crippen molar-refractivity contribution >= 4 is 8.07 Å². The van der Waals surface area contributed by atoms with Crippen molar-refractivity contribution in [1.82, 2.24) is 0 Å². The molecule has 3 heteroatoms. The molecule has 0 N–H and O–H groups in total. The fraction of sp³-hybridized carbons (Fsp3) is 0.429. The van der Waals surface area contributed by atoms with E-state index in [4.69, 9.17) is 0 Å². The fourth-order valence-electron chi connectivity index (χ4n) is 4.35. The first-order valence-corrected chi connectivity index (χ1v) is 12.5. The number of hydrogen-bond donors (Lipinski definition) is 0. The number of aryl methyl sites for hydroxylation is 1. The normalized spacial score (nSPS) is 23.3. The molecule has 0 fully saturated rings. The number of benzene rings is 2. The maximum absolute atomic E-state index is 2.50. The lowest BCUT2D eigenvalue weighted by atomic mass is 9.88. The number of quaternary nitrogens is 1. The van der Waals surface area contributed by atoms with E-state index in [1.54, 1.807) is 11.1 Å². The van der Waals surface area contributed by atoms with Crippen LogP contribution in [0.1, 0.15) is 28.3 Å². The van der Waals surface area contributed by atoms with Crippen LogP contribution in [0, 0.1) is 6.92 Å². The molecule has 0 unspecified atom stereocenters. The standard InChI is InChI=1S/C21H30NSi.HI/c1-17-10-12-18(13-11-17)21-14-19-8-6-7-9-20(19)15-22(21,2)16-23(3,4)5;/h6-13,21H,14-16H2,1-5H3;1H/q+1;/p-1/t21-,22-;/m1./s1. The third-order valence-electron chi connectivity index (χ3n) is 5.11. The van der Waals surface area contributed by atoms with Crippen molar-refractivity contribution in [3.63, 3.8) is 0 Å². The van der Waals surface area contributed by atoms with E-state index < -0.39 is 8.07 Å². The molecular formula is C21H30INSi. The first kappa shape index (κ1) is 19.7. The summed E-state index contributed by atoms with van der Waals surface area (Å²) < 4.78 is 1.16. The Balaban J connectivity index is 0.00000208. The van der Waals surface area contributed by atoms with Gasteiger partial charge in [0, 0.05) is 17.5 Å². The predicted octanol–water partition coefficient (Wildman–Crippen LogP) is 2.12. The van der Waals surface area contributed by atoms with Gasteiger partial charge in [-0.05, 0) is 12.5 Å². The van der Waals surface area contributed by atoms with Crippen molar-refractivity contribution in [1.29, 1.82) is 0 Å². The van der Waals surface area contributed by atoms with Gasteiger partial charge in [-0.2, -0.15) is 0 Å². The summed E-state index contributed by atoms with van der Waals surface area (Å²) in [5.74, 6) is 0. The van der Waals surface area contributed by atoms with E-state index in [1.165, 1.54) is 30.3 Å². The van der Waals surface area contributed by atoms with Gasteiger partial charge < -0.3 is 28.5 Å². The van der Waals surface area contributed by atoms with E-state index in [-0.39, 0.29) is 24.0 Å². The number of fused-ring (bicyclic) bond motifs is 1. The van der Waals surface area contributed by atoms with E-state index >= 15 is 0 Å². The van der Waals surface area contributed by atoms with Crippen molar-refractivity contribution in [2.75, 3.05) is 13.2 Å². The number of nitrogens with zero attached hydrogens (tertiary/aromatic N) is 1. The molecule has 24 heavy (non-hydrogen) atoms. The van der Waals surface area contributed by atoms with Gasteiger partial charge in [-0.25, -0.2) is 0 Å². The first-order valence-electron chi connectivity index (χ1n) is 8.74. The quantitative estimate of drug-likeness (QED) is 0.381. The molecule has 0 saturated heterocycles. The summed E-state index contributed by atoms with van der Waals surface area (Å²) in [7, 11) is 1.33. The SMILES string of the molecule is Cc1ccc([C@H]2Cc3ccccc3C[N@+]2(C)C[Si](C)(C)C)cc1.[I-]. The Morgan fingerprint density at radius 3 is 2.12 bits per heavy atom. The summed E-state index contributed by atoms with van der Waals surface area (Å²) in [6.07, 6.45) is 2.50. The van der Waals surface area contributed by atoms with E-state index in [1.807, 2.05) is 0 Å². The summed E-state index contributed by atoms with van der Waals surface area (Å²) in [6.45, 7) is 10.9. The lowest BCUT2D eigenvalue weighted by Gasteiger charge is -2.48. The molecule has 0 radical (unpaired) electrons. The summed E-state index contributed by atoms with van der Waals surface area (Å²) in [5, 5.41) is 0. The van der Waals surface area contributed by atoms with Crippen LogP contribution in [-0.2, 0) is 13.0 Å². The molecule has 1 aliphatic heterocycles. The average molecular weight is 451 g/mol. The minimum atomic E-state index is -1.15. The topological polar surface area (TPSA) is 0 Å². The minimum Gasteiger partial charge on any atom is -1.00 e. The second-order valence-corrected chi connectivity index (χ2v) is 14.2. The Morgan fingerprint density at radius 2 is 1.54 bits per heavy atom. The fourth-order valence-corrected chi connectivity index (χ4v) is 6.85. The van der Waals surface area contributed by atoms with Gasteiger partial charge >= 0.3 is 0 Å². The van der Waals surface area contributed by atoms with Crippen molar-refractivity contribution in [2.45, 2.75) is 45.6 Å². The molecule has 1 nitrogen and oxygen atoms in total. The average Bonchev–Trinajstić information content (AvgIpc) is 2.45. The molecule has 0 aromatic heterocycles. The summed E-state index contributed by atoms with van der Waals surface area (Å²) in [6, 6.07) is 18.9. The molecule has 0 spiro atoms. The van der Waals surface area contributed by atoms with Crippen molar-refractivity contribution in [3.05, 3.63) is 70.8 Å². The van der Waals surface area contributed by atoms with Gasteiger partial charge in [-0.1, -0.05) is 73.7 Å². The summed E-state index contributed by atoms with van der Waals surface area (Å²) in [5.41, 5.74) is 5.95. The number of hydrogen-bond acceptors (Lipinski definition) is 0. The van der Waals surface area contributed by atoms with Crippen LogP contribution in [0.3, 0.4) is 0 Å². The molecule has 0 amide bonds. The van der Waals surface area contributed by atoms with Crippen LogP contribution in [0.2, 0.25) is 19.6 Å². The first-order chi connectivity index (χ1) is 10.8. The smallest absolute Gasteiger partial charge is 0.119 e. The Labute approximate surface area is 165 Å². The molecule has 1 heterocycles. The van der Waals surface area contributed by atoms with Crippen molar-refractivity contribution in [3.8, 4) is 0 Å². The van der Waals surface area contributed by atoms with Crippen molar-refractivity contribution in [2.24, 2.45) is 0 Å². The highest BCUT2D eigenvalue weighted by atomic mass is 127. The Hall–Kier alpha value is -0.653. The van der Waals surface area contributed by atoms with Crippen LogP contribution in [-0.4, -0.2) is 25.8 Å². The lowest BCUT2D eigenvalue weighted by Crippen LogP contribution is -3.00. The Kier molecular flexibility index (Phi) is 5.98. The molecule has 2 aromatic rings. The molecule has 130 valence electrons. The van der Waals surface area contributed by atoms with E-state index in [0.717, 1.165) is 4.48 Å². The molecule has 2 aromatic carbocycles. The van der Waals surface area contributed by atoms with Gasteiger partial charge in [0.1, 0.15) is 20.7 Å². The second kappa shape index (κ2) is 7.30. The largest absolute Gasteiger partial charge is 1.00 e. The van der Waals surface area contributed by atoms with Gasteiger partial charge in [-0.3, -0.25) is 0 Å². The highest BCUT2D eigenvalue weighted by Crippen LogP contribution is 2.39. The molecular weight excluding hydrogens is 421 g/mol. The second-order valence-electron chi connectivity index (χ2n) is 8.76. The number of likely N-dealkylation sites (N-methyl/N-ethyl adjacent to an activating group) is 1. The molecule has 0 bridgehead atoms. The van der Waals surface area contributed by atoms with Crippen LogP contribution >= 0.6 is 0 Å². The van der Waals surface area contributed by atoms with Gasteiger partial charge in [0.05, 0.1) is 13.2 Å². The zero-order valence-corrected chi connectivity index (χ0v) is 18.8. The van der Waals surface area contributed by atoms with Crippen LogP contribution < -0.4 is 24.0 Å². The molecule has 3 rings (SSSR count). The number of halogens is 1. The van der Waals surface area contributed by atoms with E-state index in [9.17, 15) is 0 Å². The Morgan fingerprint density at radius 1 is 0.958 bits per heavy atom. The van der Waals surface area contributed by atoms with Crippen molar-refractivity contribution < 1.29 is 28.5 Å². The summed E-state index contributed by atoms with van der Waals surface area (Å²) in [4.78, 5) is 0. The minimum absolute atomic E-state index is 0. The van der Waals surface area contributed by atoms with Crippen LogP contribution in [0.25, 0.3) is 0 Å². The molecule has 1 aliphatic rings. The maximum Gasteiger partial charge on any atom is 0.119 e. The molecule has 0 saturated carbocycles. The van der Waals surface area contributed by atoms with Gasteiger partial charge in [0.25, 0.3) is 0 Å². The molecule has 0 aliphatic carbocycles. The van der Waals surface area contributed by atoms with Crippen LogP contribution in [0.15, 0.2) is 48.5 Å².